The van der Waals surface area contributed by atoms with Crippen LogP contribution < -0.4 is 10.6 Å². The number of likely N-dealkylation sites (tertiary alicyclic amines) is 1. The van der Waals surface area contributed by atoms with Gasteiger partial charge in [-0.1, -0.05) is 6.92 Å². The van der Waals surface area contributed by atoms with Crippen molar-refractivity contribution in [2.45, 2.75) is 31.1 Å². The lowest BCUT2D eigenvalue weighted by Crippen LogP contribution is -2.40. The second-order valence-corrected chi connectivity index (χ2v) is 7.66. The lowest BCUT2D eigenvalue weighted by Gasteiger charge is -2.17. The van der Waals surface area contributed by atoms with Crippen LogP contribution in [0, 0.1) is 11.7 Å². The Balaban J connectivity index is 0.00000338. The first-order valence-corrected chi connectivity index (χ1v) is 10.2. The zero-order chi connectivity index (χ0) is 17.9. The molecular weight excluding hydrogens is 462 g/mol. The van der Waals surface area contributed by atoms with Crippen molar-refractivity contribution >= 4 is 41.7 Å². The summed E-state index contributed by atoms with van der Waals surface area (Å²) in [7, 11) is 1.82. The van der Waals surface area contributed by atoms with E-state index in [9.17, 15) is 4.39 Å². The monoisotopic (exact) mass is 494 g/mol. The van der Waals surface area contributed by atoms with Crippen molar-refractivity contribution in [3.8, 4) is 0 Å². The quantitative estimate of drug-likeness (QED) is 0.180. The van der Waals surface area contributed by atoms with Gasteiger partial charge < -0.3 is 15.5 Å². The first-order chi connectivity index (χ1) is 12.2. The highest BCUT2D eigenvalue weighted by Crippen LogP contribution is 2.18. The second kappa shape index (κ2) is 13.6. The van der Waals surface area contributed by atoms with Crippen LogP contribution in [0.3, 0.4) is 0 Å². The molecule has 1 atom stereocenters. The normalized spacial score (nSPS) is 17.8. The lowest BCUT2D eigenvalue weighted by molar-refractivity contribution is 0.324. The van der Waals surface area contributed by atoms with Gasteiger partial charge in [0.05, 0.1) is 0 Å². The summed E-state index contributed by atoms with van der Waals surface area (Å²) in [6.07, 6.45) is 3.55. The van der Waals surface area contributed by atoms with Crippen LogP contribution in [0.2, 0.25) is 0 Å². The number of guanidine groups is 1. The average molecular weight is 494 g/mol. The molecule has 1 aliphatic heterocycles. The Morgan fingerprint density at radius 3 is 2.77 bits per heavy atom. The van der Waals surface area contributed by atoms with Crippen LogP contribution in [-0.2, 0) is 0 Å². The molecule has 26 heavy (non-hydrogen) atoms. The van der Waals surface area contributed by atoms with Crippen molar-refractivity contribution in [3.05, 3.63) is 30.1 Å². The minimum Gasteiger partial charge on any atom is -0.356 e. The Morgan fingerprint density at radius 2 is 2.08 bits per heavy atom. The summed E-state index contributed by atoms with van der Waals surface area (Å²) in [5, 5.41) is 6.83. The van der Waals surface area contributed by atoms with E-state index in [1.807, 2.05) is 19.2 Å². The molecule has 0 spiro atoms. The van der Waals surface area contributed by atoms with Crippen molar-refractivity contribution < 1.29 is 4.39 Å². The minimum atomic E-state index is -0.180. The minimum absolute atomic E-state index is 0. The van der Waals surface area contributed by atoms with Gasteiger partial charge in [0, 0.05) is 31.6 Å². The summed E-state index contributed by atoms with van der Waals surface area (Å²) in [5.41, 5.74) is 0. The van der Waals surface area contributed by atoms with Gasteiger partial charge in [0.15, 0.2) is 5.96 Å². The lowest BCUT2D eigenvalue weighted by atomic mass is 10.1. The van der Waals surface area contributed by atoms with Crippen LogP contribution in [0.5, 0.6) is 0 Å². The van der Waals surface area contributed by atoms with Gasteiger partial charge in [-0.15, -0.1) is 35.7 Å². The van der Waals surface area contributed by atoms with Crippen molar-refractivity contribution in [2.75, 3.05) is 45.5 Å². The smallest absolute Gasteiger partial charge is 0.190 e. The standard InChI is InChI=1S/C19H31FN4S.HI/c1-3-11-24-12-9-16(15-24)14-23-19(21-2)22-10-4-13-25-18-7-5-17(20)6-8-18;/h5-8,16H,3-4,9-15H2,1-2H3,(H2,21,22,23);1H. The molecule has 2 rings (SSSR count). The molecule has 1 aliphatic rings. The van der Waals surface area contributed by atoms with Gasteiger partial charge in [-0.3, -0.25) is 4.99 Å². The van der Waals surface area contributed by atoms with Crippen LogP contribution in [0.25, 0.3) is 0 Å². The van der Waals surface area contributed by atoms with Gasteiger partial charge in [0.1, 0.15) is 5.82 Å². The summed E-state index contributed by atoms with van der Waals surface area (Å²) >= 11 is 1.75. The summed E-state index contributed by atoms with van der Waals surface area (Å²) < 4.78 is 12.9. The fourth-order valence-corrected chi connectivity index (χ4v) is 3.91. The SMILES string of the molecule is CCCN1CCC(CNC(=NC)NCCCSc2ccc(F)cc2)C1.I. The number of nitrogens with one attached hydrogen (secondary N) is 2. The molecule has 7 heteroatoms. The molecule has 1 heterocycles. The molecule has 148 valence electrons. The van der Waals surface area contributed by atoms with E-state index in [2.05, 4.69) is 27.4 Å². The second-order valence-electron chi connectivity index (χ2n) is 6.49. The maximum atomic E-state index is 12.9. The number of rotatable bonds is 9. The Labute approximate surface area is 178 Å². The van der Waals surface area contributed by atoms with Gasteiger partial charge in [-0.05, 0) is 68.3 Å². The van der Waals surface area contributed by atoms with Gasteiger partial charge in [-0.2, -0.15) is 0 Å². The van der Waals surface area contributed by atoms with Crippen LogP contribution in [0.4, 0.5) is 4.39 Å². The van der Waals surface area contributed by atoms with E-state index in [4.69, 9.17) is 0 Å². The van der Waals surface area contributed by atoms with E-state index in [0.717, 1.165) is 42.0 Å². The highest BCUT2D eigenvalue weighted by molar-refractivity contribution is 14.0. The summed E-state index contributed by atoms with van der Waals surface area (Å²) in [6.45, 7) is 7.77. The molecule has 1 fully saturated rings. The average Bonchev–Trinajstić information content (AvgIpc) is 3.07. The number of nitrogens with zero attached hydrogens (tertiary/aromatic N) is 2. The van der Waals surface area contributed by atoms with E-state index < -0.39 is 0 Å². The van der Waals surface area contributed by atoms with E-state index in [0.29, 0.717) is 0 Å². The molecule has 1 aromatic carbocycles. The molecule has 4 nitrogen and oxygen atoms in total. The molecule has 0 bridgehead atoms. The van der Waals surface area contributed by atoms with E-state index in [1.54, 1.807) is 11.8 Å². The number of thioether (sulfide) groups is 1. The topological polar surface area (TPSA) is 39.7 Å². The fourth-order valence-electron chi connectivity index (χ4n) is 3.06. The predicted molar refractivity (Wildman–Crippen MR) is 121 cm³/mol. The maximum Gasteiger partial charge on any atom is 0.190 e. The predicted octanol–water partition coefficient (Wildman–Crippen LogP) is 3.82. The van der Waals surface area contributed by atoms with Gasteiger partial charge in [-0.25, -0.2) is 4.39 Å². The van der Waals surface area contributed by atoms with Gasteiger partial charge in [0.2, 0.25) is 0 Å². The molecule has 0 aliphatic carbocycles. The Bertz CT molecular complexity index is 527. The third-order valence-corrected chi connectivity index (χ3v) is 5.49. The molecule has 1 unspecified atom stereocenters. The highest BCUT2D eigenvalue weighted by atomic mass is 127. The van der Waals surface area contributed by atoms with E-state index in [-0.39, 0.29) is 29.8 Å². The highest BCUT2D eigenvalue weighted by Gasteiger charge is 2.21. The van der Waals surface area contributed by atoms with E-state index in [1.165, 1.54) is 44.6 Å². The third-order valence-electron chi connectivity index (χ3n) is 4.39. The molecule has 0 aromatic heterocycles. The van der Waals surface area contributed by atoms with E-state index >= 15 is 0 Å². The Morgan fingerprint density at radius 1 is 1.31 bits per heavy atom. The first-order valence-electron chi connectivity index (χ1n) is 9.26. The zero-order valence-corrected chi connectivity index (χ0v) is 19.0. The number of aliphatic imine (C=N–C) groups is 1. The number of halogens is 2. The first kappa shape index (κ1) is 23.5. The van der Waals surface area contributed by atoms with Gasteiger partial charge in [0.25, 0.3) is 0 Å². The van der Waals surface area contributed by atoms with Crippen LogP contribution >= 0.6 is 35.7 Å². The molecule has 2 N–H and O–H groups in total. The van der Waals surface area contributed by atoms with Crippen molar-refractivity contribution in [2.24, 2.45) is 10.9 Å². The summed E-state index contributed by atoms with van der Waals surface area (Å²) in [6, 6.07) is 6.68. The summed E-state index contributed by atoms with van der Waals surface area (Å²) in [4.78, 5) is 7.97. The number of hydrogen-bond donors (Lipinski definition) is 2. The third kappa shape index (κ3) is 8.90. The Kier molecular flexibility index (Phi) is 12.3. The Hall–Kier alpha value is -0.540. The largest absolute Gasteiger partial charge is 0.356 e. The molecule has 0 radical (unpaired) electrons. The molecule has 0 saturated carbocycles. The molecule has 1 aromatic rings. The van der Waals surface area contributed by atoms with Crippen molar-refractivity contribution in [1.82, 2.24) is 15.5 Å². The number of benzene rings is 1. The van der Waals surface area contributed by atoms with Gasteiger partial charge >= 0.3 is 0 Å². The summed E-state index contributed by atoms with van der Waals surface area (Å²) in [5.74, 6) is 2.44. The maximum absolute atomic E-state index is 12.9. The molecule has 1 saturated heterocycles. The number of hydrogen-bond acceptors (Lipinski definition) is 3. The van der Waals surface area contributed by atoms with Crippen molar-refractivity contribution in [1.29, 1.82) is 0 Å². The van der Waals surface area contributed by atoms with Crippen molar-refractivity contribution in [3.63, 3.8) is 0 Å². The van der Waals surface area contributed by atoms with Crippen LogP contribution in [0.1, 0.15) is 26.2 Å². The van der Waals surface area contributed by atoms with Crippen LogP contribution in [0.15, 0.2) is 34.2 Å². The molecular formula is C19H32FIN4S. The molecule has 0 amide bonds. The van der Waals surface area contributed by atoms with Crippen LogP contribution in [-0.4, -0.2) is 56.4 Å². The fraction of sp³-hybridized carbons (Fsp3) is 0.632. The zero-order valence-electron chi connectivity index (χ0n) is 15.8.